The summed E-state index contributed by atoms with van der Waals surface area (Å²) in [6.45, 7) is 2.52. The Morgan fingerprint density at radius 3 is 2.13 bits per heavy atom. The molecular weight excluding hydrogens is 501 g/mol. The van der Waals surface area contributed by atoms with Gasteiger partial charge >= 0.3 is 6.18 Å². The third-order valence-electron chi connectivity index (χ3n) is 6.34. The van der Waals surface area contributed by atoms with Crippen LogP contribution in [0.4, 0.5) is 24.5 Å². The van der Waals surface area contributed by atoms with E-state index in [1.165, 1.54) is 0 Å². The van der Waals surface area contributed by atoms with Crippen molar-refractivity contribution >= 4 is 23.2 Å². The number of hydrogen-bond acceptors (Lipinski definition) is 2. The molecule has 0 bridgehead atoms. The van der Waals surface area contributed by atoms with E-state index in [4.69, 9.17) is 0 Å². The summed E-state index contributed by atoms with van der Waals surface area (Å²) in [6, 6.07) is 28.9. The smallest absolute Gasteiger partial charge is 0.322 e. The number of carbonyl (C=O) groups excluding carboxylic acids is 2. The van der Waals surface area contributed by atoms with Gasteiger partial charge in [0.05, 0.1) is 12.1 Å². The van der Waals surface area contributed by atoms with E-state index in [-0.39, 0.29) is 11.5 Å². The third-order valence-corrected chi connectivity index (χ3v) is 6.34. The van der Waals surface area contributed by atoms with E-state index in [1.54, 1.807) is 12.1 Å². The molecule has 4 nitrogen and oxygen atoms in total. The van der Waals surface area contributed by atoms with E-state index in [2.05, 4.69) is 12.2 Å². The molecule has 0 aliphatic rings. The molecule has 2 amide bonds. The first-order valence-corrected chi connectivity index (χ1v) is 12.8. The van der Waals surface area contributed by atoms with Gasteiger partial charge in [0, 0.05) is 23.4 Å². The fourth-order valence-corrected chi connectivity index (χ4v) is 4.17. The van der Waals surface area contributed by atoms with Crippen molar-refractivity contribution in [3.05, 3.63) is 120 Å². The van der Waals surface area contributed by atoms with Crippen molar-refractivity contribution in [2.45, 2.75) is 38.9 Å². The first kappa shape index (κ1) is 27.6. The number of benzene rings is 4. The lowest BCUT2D eigenvalue weighted by Crippen LogP contribution is -2.30. The summed E-state index contributed by atoms with van der Waals surface area (Å²) in [7, 11) is 0. The standard InChI is InChI=1S/C32H29F3N2O2/c1-2-3-12-30(38)37(29-10-5-4-6-11-29)22-23-13-15-24(16-14-23)26-8-7-9-28(21-26)36-31(39)25-17-19-27(20-18-25)32(33,34)35/h4-11,13-21H,2-3,12,22H2,1H3,(H,36,39). The van der Waals surface area contributed by atoms with Gasteiger partial charge in [0.2, 0.25) is 5.91 Å². The Morgan fingerprint density at radius 1 is 0.795 bits per heavy atom. The van der Waals surface area contributed by atoms with Crippen LogP contribution in [0.15, 0.2) is 103 Å². The van der Waals surface area contributed by atoms with E-state index in [9.17, 15) is 22.8 Å². The maximum absolute atomic E-state index is 12.9. The van der Waals surface area contributed by atoms with Crippen molar-refractivity contribution in [2.24, 2.45) is 0 Å². The highest BCUT2D eigenvalue weighted by molar-refractivity contribution is 6.04. The van der Waals surface area contributed by atoms with Crippen LogP contribution >= 0.6 is 0 Å². The summed E-state index contributed by atoms with van der Waals surface area (Å²) < 4.78 is 38.4. The number of halogens is 3. The van der Waals surface area contributed by atoms with Crippen molar-refractivity contribution in [1.82, 2.24) is 0 Å². The molecule has 1 N–H and O–H groups in total. The summed E-state index contributed by atoms with van der Waals surface area (Å²) >= 11 is 0. The summed E-state index contributed by atoms with van der Waals surface area (Å²) in [5.74, 6) is -0.409. The molecule has 0 saturated heterocycles. The first-order valence-electron chi connectivity index (χ1n) is 12.8. The van der Waals surface area contributed by atoms with Crippen molar-refractivity contribution in [3.8, 4) is 11.1 Å². The van der Waals surface area contributed by atoms with E-state index >= 15 is 0 Å². The molecule has 0 spiro atoms. The molecule has 0 heterocycles. The lowest BCUT2D eigenvalue weighted by molar-refractivity contribution is -0.137. The lowest BCUT2D eigenvalue weighted by Gasteiger charge is -2.23. The number of carbonyl (C=O) groups is 2. The predicted octanol–water partition coefficient (Wildman–Crippen LogP) is 8.35. The number of hydrogen-bond donors (Lipinski definition) is 1. The summed E-state index contributed by atoms with van der Waals surface area (Å²) in [6.07, 6.45) is -2.17. The number of rotatable bonds is 9. The fourth-order valence-electron chi connectivity index (χ4n) is 4.17. The van der Waals surface area contributed by atoms with Crippen molar-refractivity contribution in [2.75, 3.05) is 10.2 Å². The summed E-state index contributed by atoms with van der Waals surface area (Å²) in [5, 5.41) is 2.75. The van der Waals surface area contributed by atoms with Gasteiger partial charge in [-0.25, -0.2) is 0 Å². The van der Waals surface area contributed by atoms with Crippen LogP contribution in [0, 0.1) is 0 Å². The highest BCUT2D eigenvalue weighted by Gasteiger charge is 2.30. The normalized spacial score (nSPS) is 11.2. The second kappa shape index (κ2) is 12.4. The van der Waals surface area contributed by atoms with Gasteiger partial charge in [-0.15, -0.1) is 0 Å². The monoisotopic (exact) mass is 530 g/mol. The second-order valence-corrected chi connectivity index (χ2v) is 9.23. The molecule has 4 aromatic rings. The molecule has 200 valence electrons. The second-order valence-electron chi connectivity index (χ2n) is 9.23. The Labute approximate surface area is 226 Å². The van der Waals surface area contributed by atoms with Crippen molar-refractivity contribution < 1.29 is 22.8 Å². The number of nitrogens with one attached hydrogen (secondary N) is 1. The SMILES string of the molecule is CCCCC(=O)N(Cc1ccc(-c2cccc(NC(=O)c3ccc(C(F)(F)F)cc3)c2)cc1)c1ccccc1. The summed E-state index contributed by atoms with van der Waals surface area (Å²) in [5.41, 5.74) is 3.49. The zero-order chi connectivity index (χ0) is 27.8. The minimum absolute atomic E-state index is 0.0867. The number of para-hydroxylation sites is 1. The largest absolute Gasteiger partial charge is 0.416 e. The summed E-state index contributed by atoms with van der Waals surface area (Å²) in [4.78, 5) is 27.3. The molecule has 0 unspecified atom stereocenters. The van der Waals surface area contributed by atoms with E-state index in [0.717, 1.165) is 59.5 Å². The van der Waals surface area contributed by atoms with Gasteiger partial charge in [0.15, 0.2) is 0 Å². The zero-order valence-electron chi connectivity index (χ0n) is 21.5. The minimum atomic E-state index is -4.46. The molecule has 0 aliphatic heterocycles. The number of anilines is 2. The number of alkyl halides is 3. The van der Waals surface area contributed by atoms with Crippen molar-refractivity contribution in [3.63, 3.8) is 0 Å². The van der Waals surface area contributed by atoms with Crippen LogP contribution in [-0.2, 0) is 17.5 Å². The molecule has 0 atom stereocenters. The number of unbranched alkanes of at least 4 members (excludes halogenated alkanes) is 1. The average Bonchev–Trinajstić information content (AvgIpc) is 2.95. The fraction of sp³-hybridized carbons (Fsp3) is 0.188. The van der Waals surface area contributed by atoms with Crippen LogP contribution in [0.3, 0.4) is 0 Å². The van der Waals surface area contributed by atoms with Crippen LogP contribution in [-0.4, -0.2) is 11.8 Å². The van der Waals surface area contributed by atoms with Gasteiger partial charge in [0.25, 0.3) is 5.91 Å². The maximum Gasteiger partial charge on any atom is 0.416 e. The van der Waals surface area contributed by atoms with Gasteiger partial charge in [-0.05, 0) is 71.6 Å². The molecule has 39 heavy (non-hydrogen) atoms. The highest BCUT2D eigenvalue weighted by atomic mass is 19.4. The van der Waals surface area contributed by atoms with Gasteiger partial charge in [-0.3, -0.25) is 9.59 Å². The molecule has 4 rings (SSSR count). The van der Waals surface area contributed by atoms with E-state index < -0.39 is 17.6 Å². The number of amides is 2. The molecule has 0 saturated carbocycles. The minimum Gasteiger partial charge on any atom is -0.322 e. The average molecular weight is 531 g/mol. The van der Waals surface area contributed by atoms with Crippen LogP contribution < -0.4 is 10.2 Å². The third kappa shape index (κ3) is 7.35. The Balaban J connectivity index is 1.46. The van der Waals surface area contributed by atoms with Gasteiger partial charge in [-0.1, -0.05) is 67.9 Å². The Morgan fingerprint density at radius 2 is 1.49 bits per heavy atom. The van der Waals surface area contributed by atoms with Crippen LogP contribution in [0.25, 0.3) is 11.1 Å². The lowest BCUT2D eigenvalue weighted by atomic mass is 10.0. The molecule has 0 aromatic heterocycles. The van der Waals surface area contributed by atoms with Crippen LogP contribution in [0.5, 0.6) is 0 Å². The Bertz CT molecular complexity index is 1400. The zero-order valence-corrected chi connectivity index (χ0v) is 21.5. The molecule has 4 aromatic carbocycles. The van der Waals surface area contributed by atoms with Gasteiger partial charge < -0.3 is 10.2 Å². The maximum atomic E-state index is 12.9. The topological polar surface area (TPSA) is 49.4 Å². The molecular formula is C32H29F3N2O2. The first-order chi connectivity index (χ1) is 18.7. The molecule has 0 fully saturated rings. The van der Waals surface area contributed by atoms with Crippen molar-refractivity contribution in [1.29, 1.82) is 0 Å². The van der Waals surface area contributed by atoms with E-state index in [0.29, 0.717) is 18.7 Å². The van der Waals surface area contributed by atoms with Gasteiger partial charge in [0.1, 0.15) is 0 Å². The highest BCUT2D eigenvalue weighted by Crippen LogP contribution is 2.29. The molecule has 0 aliphatic carbocycles. The quantitative estimate of drug-likeness (QED) is 0.236. The number of nitrogens with zero attached hydrogens (tertiary/aromatic N) is 1. The van der Waals surface area contributed by atoms with Crippen LogP contribution in [0.1, 0.15) is 47.7 Å². The van der Waals surface area contributed by atoms with Gasteiger partial charge in [-0.2, -0.15) is 13.2 Å². The molecule has 0 radical (unpaired) electrons. The van der Waals surface area contributed by atoms with Crippen LogP contribution in [0.2, 0.25) is 0 Å². The Hall–Kier alpha value is -4.39. The molecule has 7 heteroatoms. The Kier molecular flexibility index (Phi) is 8.81. The predicted molar refractivity (Wildman–Crippen MR) is 148 cm³/mol. The van der Waals surface area contributed by atoms with E-state index in [1.807, 2.05) is 71.6 Å².